The first-order valence-corrected chi connectivity index (χ1v) is 11.0. The summed E-state index contributed by atoms with van der Waals surface area (Å²) in [5, 5.41) is 0. The maximum absolute atomic E-state index is 13.3. The second kappa shape index (κ2) is 7.40. The Balaban J connectivity index is 1.60. The maximum Gasteiger partial charge on any atom is 0.218 e. The number of ether oxygens (including phenoxy) is 1. The van der Waals surface area contributed by atoms with E-state index in [4.69, 9.17) is 10.5 Å². The summed E-state index contributed by atoms with van der Waals surface area (Å²) < 4.78 is 7.32. The number of fused-ring (bicyclic) bond motifs is 3. The van der Waals surface area contributed by atoms with Crippen molar-refractivity contribution < 1.29 is 18.8 Å². The van der Waals surface area contributed by atoms with Crippen LogP contribution in [0.1, 0.15) is 44.2 Å². The fourth-order valence-electron chi connectivity index (χ4n) is 5.78. The zero-order valence-corrected chi connectivity index (χ0v) is 17.9. The minimum absolute atomic E-state index is 0.0994. The van der Waals surface area contributed by atoms with E-state index in [0.717, 1.165) is 49.4 Å². The smallest absolute Gasteiger partial charge is 0.218 e. The second-order valence-electron chi connectivity index (χ2n) is 9.41. The molecule has 6 nitrogen and oxygen atoms in total. The van der Waals surface area contributed by atoms with Crippen LogP contribution in [0.15, 0.2) is 18.2 Å². The van der Waals surface area contributed by atoms with Crippen molar-refractivity contribution in [2.24, 2.45) is 5.73 Å². The third-order valence-electron chi connectivity index (χ3n) is 7.76. The molecule has 2 N–H and O–H groups in total. The Morgan fingerprint density at radius 1 is 1.34 bits per heavy atom. The number of hydrogen-bond donors (Lipinski definition) is 1. The van der Waals surface area contributed by atoms with Gasteiger partial charge in [-0.25, -0.2) is 0 Å². The molecule has 0 spiro atoms. The molecule has 158 valence electrons. The summed E-state index contributed by atoms with van der Waals surface area (Å²) in [5.74, 6) is 1.05. The summed E-state index contributed by atoms with van der Waals surface area (Å²) in [4.78, 5) is 26.7. The van der Waals surface area contributed by atoms with Gasteiger partial charge in [0.05, 0.1) is 19.6 Å². The van der Waals surface area contributed by atoms with Crippen LogP contribution in [0, 0.1) is 6.92 Å². The molecule has 2 heterocycles. The lowest BCUT2D eigenvalue weighted by Crippen LogP contribution is -2.72. The topological polar surface area (TPSA) is 72.6 Å². The van der Waals surface area contributed by atoms with Crippen molar-refractivity contribution >= 4 is 11.7 Å². The molecule has 0 radical (unpaired) electrons. The van der Waals surface area contributed by atoms with Gasteiger partial charge in [0.1, 0.15) is 5.75 Å². The fraction of sp³-hybridized carbons (Fsp3) is 0.652. The average molecular weight is 401 g/mol. The highest BCUT2D eigenvalue weighted by atomic mass is 16.5. The van der Waals surface area contributed by atoms with Crippen LogP contribution in [-0.2, 0) is 15.0 Å². The Bertz CT molecular complexity index is 816. The van der Waals surface area contributed by atoms with Crippen molar-refractivity contribution in [1.82, 2.24) is 4.90 Å². The minimum Gasteiger partial charge on any atom is -0.482 e. The van der Waals surface area contributed by atoms with E-state index in [-0.39, 0.29) is 23.5 Å². The summed E-state index contributed by atoms with van der Waals surface area (Å²) in [6, 6.07) is 6.30. The Hall–Kier alpha value is -1.92. The summed E-state index contributed by atoms with van der Waals surface area (Å²) >= 11 is 0. The van der Waals surface area contributed by atoms with Crippen LogP contribution in [0.2, 0.25) is 0 Å². The normalized spacial score (nSPS) is 31.1. The number of likely N-dealkylation sites (N-methyl/N-ethyl adjacent to an activating group) is 1. The molecule has 29 heavy (non-hydrogen) atoms. The number of ketones is 1. The molecule has 3 aliphatic rings. The number of benzene rings is 1. The number of nitrogens with zero attached hydrogens (tertiary/aromatic N) is 2. The van der Waals surface area contributed by atoms with E-state index in [0.29, 0.717) is 25.2 Å². The lowest BCUT2D eigenvalue weighted by molar-refractivity contribution is -0.948. The van der Waals surface area contributed by atoms with Crippen LogP contribution < -0.4 is 10.5 Å². The Morgan fingerprint density at radius 3 is 2.72 bits per heavy atom. The number of Topliss-reactive ketones (excluding diaryl/α,β-unsaturated/α-hetero) is 1. The van der Waals surface area contributed by atoms with Crippen molar-refractivity contribution in [3.8, 4) is 5.75 Å². The maximum atomic E-state index is 13.3. The van der Waals surface area contributed by atoms with Gasteiger partial charge in [-0.2, -0.15) is 0 Å². The molecule has 1 aliphatic carbocycles. The minimum atomic E-state index is -0.252. The van der Waals surface area contributed by atoms with Gasteiger partial charge in [-0.15, -0.1) is 0 Å². The van der Waals surface area contributed by atoms with Crippen LogP contribution in [0.5, 0.6) is 5.75 Å². The molecule has 3 atom stereocenters. The Labute approximate surface area is 173 Å². The summed E-state index contributed by atoms with van der Waals surface area (Å²) in [6.45, 7) is 11.8. The molecule has 0 bridgehead atoms. The van der Waals surface area contributed by atoms with E-state index in [9.17, 15) is 9.59 Å². The Kier molecular flexibility index (Phi) is 5.20. The van der Waals surface area contributed by atoms with Gasteiger partial charge in [-0.1, -0.05) is 24.6 Å². The number of nitrogens with two attached hydrogens (primary N) is 1. The van der Waals surface area contributed by atoms with Crippen LogP contribution in [0.25, 0.3) is 0 Å². The highest BCUT2D eigenvalue weighted by Gasteiger charge is 2.61. The number of hydrogen-bond acceptors (Lipinski definition) is 4. The first kappa shape index (κ1) is 20.4. The molecule has 1 aromatic rings. The third-order valence-corrected chi connectivity index (χ3v) is 7.76. The van der Waals surface area contributed by atoms with Crippen molar-refractivity contribution in [2.75, 3.05) is 39.3 Å². The molecule has 2 aliphatic heterocycles. The van der Waals surface area contributed by atoms with Crippen LogP contribution >= 0.6 is 0 Å². The fourth-order valence-corrected chi connectivity index (χ4v) is 5.78. The lowest BCUT2D eigenvalue weighted by Gasteiger charge is -2.53. The van der Waals surface area contributed by atoms with Gasteiger partial charge in [0.25, 0.3) is 0 Å². The van der Waals surface area contributed by atoms with Gasteiger partial charge in [-0.05, 0) is 26.3 Å². The van der Waals surface area contributed by atoms with Gasteiger partial charge in [0.2, 0.25) is 5.91 Å². The number of aryl methyl sites for hydroxylation is 1. The predicted molar refractivity (Wildman–Crippen MR) is 112 cm³/mol. The lowest BCUT2D eigenvalue weighted by atomic mass is 9.66. The SMILES string of the molecule is CC[N+]1([C@@H]2C(=O)CC[C@]3(C)c4cc(C)ccc4O[C@H]23)CCN(CCC(N)=O)CC1. The van der Waals surface area contributed by atoms with E-state index in [1.165, 1.54) is 11.1 Å². The molecule has 4 rings (SSSR count). The van der Waals surface area contributed by atoms with E-state index in [1.807, 2.05) is 0 Å². The molecule has 1 saturated heterocycles. The standard InChI is InChI=1S/C23H33N3O3/c1-4-26(13-11-25(12-14-26)10-8-20(24)28)21-18(27)7-9-23(3)17-15-16(2)5-6-19(17)29-22(21)23/h5-6,15,21-22H,4,7-14H2,1-3H3,(H-,24,28)/p+1/t21-,22-,23-/m1/s1. The number of carbonyl (C=O) groups is 2. The van der Waals surface area contributed by atoms with E-state index >= 15 is 0 Å². The van der Waals surface area contributed by atoms with E-state index < -0.39 is 0 Å². The van der Waals surface area contributed by atoms with Gasteiger partial charge >= 0.3 is 0 Å². The third kappa shape index (κ3) is 3.36. The molecule has 0 unspecified atom stereocenters. The van der Waals surface area contributed by atoms with Gasteiger partial charge in [0.15, 0.2) is 17.9 Å². The second-order valence-corrected chi connectivity index (χ2v) is 9.41. The predicted octanol–water partition coefficient (Wildman–Crippen LogP) is 1.77. The van der Waals surface area contributed by atoms with Gasteiger partial charge < -0.3 is 15.0 Å². The quantitative estimate of drug-likeness (QED) is 0.765. The van der Waals surface area contributed by atoms with E-state index in [1.54, 1.807) is 0 Å². The number of amides is 1. The first-order chi connectivity index (χ1) is 13.8. The molecular formula is C23H34N3O3+. The van der Waals surface area contributed by atoms with Crippen molar-refractivity contribution in [1.29, 1.82) is 0 Å². The van der Waals surface area contributed by atoms with Crippen molar-refractivity contribution in [3.63, 3.8) is 0 Å². The Morgan fingerprint density at radius 2 is 2.07 bits per heavy atom. The number of quaternary nitrogens is 1. The van der Waals surface area contributed by atoms with Crippen LogP contribution in [0.4, 0.5) is 0 Å². The van der Waals surface area contributed by atoms with Gasteiger partial charge in [0, 0.05) is 43.5 Å². The number of primary amides is 1. The summed E-state index contributed by atoms with van der Waals surface area (Å²) in [5.41, 5.74) is 7.72. The molecule has 1 amide bonds. The molecule has 6 heteroatoms. The number of rotatable bonds is 5. The van der Waals surface area contributed by atoms with Crippen molar-refractivity contribution in [2.45, 2.75) is 57.6 Å². The number of piperazine rings is 1. The van der Waals surface area contributed by atoms with E-state index in [2.05, 4.69) is 43.9 Å². The largest absolute Gasteiger partial charge is 0.482 e. The van der Waals surface area contributed by atoms with Gasteiger partial charge in [-0.3, -0.25) is 14.5 Å². The zero-order valence-electron chi connectivity index (χ0n) is 17.9. The summed E-state index contributed by atoms with van der Waals surface area (Å²) in [6.07, 6.45) is 1.78. The highest BCUT2D eigenvalue weighted by Crippen LogP contribution is 2.51. The first-order valence-electron chi connectivity index (χ1n) is 11.0. The van der Waals surface area contributed by atoms with Crippen LogP contribution in [0.3, 0.4) is 0 Å². The molecular weight excluding hydrogens is 366 g/mol. The molecule has 2 fully saturated rings. The zero-order chi connectivity index (χ0) is 20.8. The summed E-state index contributed by atoms with van der Waals surface area (Å²) in [7, 11) is 0. The molecule has 0 aromatic heterocycles. The monoisotopic (exact) mass is 400 g/mol. The molecule has 1 aromatic carbocycles. The van der Waals surface area contributed by atoms with Crippen LogP contribution in [-0.4, -0.2) is 72.5 Å². The number of carbonyl (C=O) groups excluding carboxylic acids is 2. The van der Waals surface area contributed by atoms with Crippen molar-refractivity contribution in [3.05, 3.63) is 29.3 Å². The molecule has 1 saturated carbocycles. The highest BCUT2D eigenvalue weighted by molar-refractivity contribution is 5.86. The average Bonchev–Trinajstić information content (AvgIpc) is 2.99.